The minimum Gasteiger partial charge on any atom is -0.377 e. The van der Waals surface area contributed by atoms with Crippen LogP contribution in [0.1, 0.15) is 27.4 Å². The van der Waals surface area contributed by atoms with Crippen molar-refractivity contribution >= 4 is 29.0 Å². The molecule has 6 heteroatoms. The minimum absolute atomic E-state index is 0.121. The van der Waals surface area contributed by atoms with Crippen LogP contribution in [0.2, 0.25) is 0 Å². The number of amides is 1. The van der Waals surface area contributed by atoms with E-state index in [2.05, 4.69) is 15.4 Å². The molecule has 1 heterocycles. The third-order valence-electron chi connectivity index (χ3n) is 4.11. The smallest absolute Gasteiger partial charge is 0.256 e. The van der Waals surface area contributed by atoms with Gasteiger partial charge in [0.05, 0.1) is 17.0 Å². The molecule has 0 saturated heterocycles. The Bertz CT molecular complexity index is 950. The zero-order valence-electron chi connectivity index (χ0n) is 15.9. The number of carbonyl (C=O) groups excluding carboxylic acids is 1. The first-order valence-electron chi connectivity index (χ1n) is 8.67. The molecule has 27 heavy (non-hydrogen) atoms. The maximum atomic E-state index is 12.8. The predicted molar refractivity (Wildman–Crippen MR) is 111 cm³/mol. The number of rotatable bonds is 6. The van der Waals surface area contributed by atoms with Crippen molar-refractivity contribution in [1.82, 2.24) is 5.16 Å². The van der Waals surface area contributed by atoms with E-state index in [-0.39, 0.29) is 5.91 Å². The predicted octanol–water partition coefficient (Wildman–Crippen LogP) is 4.90. The van der Waals surface area contributed by atoms with Crippen molar-refractivity contribution < 1.29 is 9.32 Å². The highest BCUT2D eigenvalue weighted by Gasteiger charge is 2.13. The lowest BCUT2D eigenvalue weighted by molar-refractivity contribution is 0.102. The van der Waals surface area contributed by atoms with Gasteiger partial charge in [-0.25, -0.2) is 0 Å². The Labute approximate surface area is 163 Å². The van der Waals surface area contributed by atoms with Crippen LogP contribution in [-0.4, -0.2) is 25.2 Å². The van der Waals surface area contributed by atoms with Crippen LogP contribution >= 0.6 is 11.8 Å². The van der Waals surface area contributed by atoms with Crippen molar-refractivity contribution in [1.29, 1.82) is 0 Å². The Morgan fingerprint density at radius 3 is 2.59 bits per heavy atom. The number of aromatic nitrogens is 1. The van der Waals surface area contributed by atoms with Gasteiger partial charge in [-0.2, -0.15) is 0 Å². The normalized spacial score (nSPS) is 10.7. The summed E-state index contributed by atoms with van der Waals surface area (Å²) in [5, 5.41) is 6.90. The van der Waals surface area contributed by atoms with E-state index < -0.39 is 0 Å². The van der Waals surface area contributed by atoms with Crippen LogP contribution in [0.4, 0.5) is 11.4 Å². The summed E-state index contributed by atoms with van der Waals surface area (Å²) in [5.41, 5.74) is 4.53. The lowest BCUT2D eigenvalue weighted by atomic mass is 10.1. The summed E-state index contributed by atoms with van der Waals surface area (Å²) < 4.78 is 5.25. The number of thioether (sulfide) groups is 1. The lowest BCUT2D eigenvalue weighted by Crippen LogP contribution is -2.14. The van der Waals surface area contributed by atoms with Gasteiger partial charge in [-0.15, -0.1) is 11.8 Å². The molecular formula is C21H23N3O2S. The summed E-state index contributed by atoms with van der Waals surface area (Å²) in [4.78, 5) is 15.8. The third kappa shape index (κ3) is 4.71. The molecule has 0 aliphatic heterocycles. The molecule has 0 saturated carbocycles. The van der Waals surface area contributed by atoms with Crippen molar-refractivity contribution in [3.05, 3.63) is 71.1 Å². The average Bonchev–Trinajstić information content (AvgIpc) is 3.05. The second-order valence-corrected chi connectivity index (χ2v) is 7.59. The fourth-order valence-electron chi connectivity index (χ4n) is 2.85. The van der Waals surface area contributed by atoms with Crippen molar-refractivity contribution in [3.8, 4) is 0 Å². The van der Waals surface area contributed by atoms with Gasteiger partial charge in [0.15, 0.2) is 0 Å². The zero-order chi connectivity index (χ0) is 19.4. The SMILES string of the molecule is Cc1cc(CSc2ccccc2C(=O)Nc2ccc(N(C)C)c(C)c2)on1. The zero-order valence-corrected chi connectivity index (χ0v) is 16.8. The highest BCUT2D eigenvalue weighted by atomic mass is 32.2. The monoisotopic (exact) mass is 381 g/mol. The molecule has 0 aliphatic rings. The molecular weight excluding hydrogens is 358 g/mol. The first-order valence-corrected chi connectivity index (χ1v) is 9.66. The van der Waals surface area contributed by atoms with E-state index in [0.717, 1.165) is 33.3 Å². The fourth-order valence-corrected chi connectivity index (χ4v) is 3.77. The summed E-state index contributed by atoms with van der Waals surface area (Å²) in [5.74, 6) is 1.30. The average molecular weight is 382 g/mol. The Kier molecular flexibility index (Phi) is 5.86. The third-order valence-corrected chi connectivity index (χ3v) is 5.21. The Hall–Kier alpha value is -2.73. The minimum atomic E-state index is -0.121. The molecule has 3 rings (SSSR count). The maximum Gasteiger partial charge on any atom is 0.256 e. The number of aryl methyl sites for hydroxylation is 2. The highest BCUT2D eigenvalue weighted by Crippen LogP contribution is 2.28. The number of anilines is 2. The molecule has 5 nitrogen and oxygen atoms in total. The van der Waals surface area contributed by atoms with Gasteiger partial charge in [-0.05, 0) is 49.7 Å². The molecule has 0 radical (unpaired) electrons. The van der Waals surface area contributed by atoms with E-state index in [1.807, 2.05) is 76.5 Å². The molecule has 1 N–H and O–H groups in total. The molecule has 140 valence electrons. The topological polar surface area (TPSA) is 58.4 Å². The van der Waals surface area contributed by atoms with E-state index >= 15 is 0 Å². The summed E-state index contributed by atoms with van der Waals surface area (Å²) >= 11 is 1.56. The van der Waals surface area contributed by atoms with E-state index in [9.17, 15) is 4.79 Å². The van der Waals surface area contributed by atoms with Crippen LogP contribution in [0.3, 0.4) is 0 Å². The van der Waals surface area contributed by atoms with Gasteiger partial charge < -0.3 is 14.7 Å². The highest BCUT2D eigenvalue weighted by molar-refractivity contribution is 7.98. The first-order chi connectivity index (χ1) is 12.9. The summed E-state index contributed by atoms with van der Waals surface area (Å²) in [6.45, 7) is 3.93. The largest absolute Gasteiger partial charge is 0.377 e. The number of hydrogen-bond acceptors (Lipinski definition) is 5. The number of nitrogens with one attached hydrogen (secondary N) is 1. The molecule has 3 aromatic rings. The second-order valence-electron chi connectivity index (χ2n) is 6.57. The van der Waals surface area contributed by atoms with Gasteiger partial charge >= 0.3 is 0 Å². The second kappa shape index (κ2) is 8.31. The number of nitrogens with zero attached hydrogens (tertiary/aromatic N) is 2. The number of benzene rings is 2. The van der Waals surface area contributed by atoms with Crippen LogP contribution in [0.15, 0.2) is 57.9 Å². The van der Waals surface area contributed by atoms with Gasteiger partial charge in [-0.3, -0.25) is 4.79 Å². The Morgan fingerprint density at radius 2 is 1.93 bits per heavy atom. The van der Waals surface area contributed by atoms with Crippen molar-refractivity contribution in [3.63, 3.8) is 0 Å². The van der Waals surface area contributed by atoms with Crippen molar-refractivity contribution in [2.75, 3.05) is 24.3 Å². The molecule has 0 fully saturated rings. The van der Waals surface area contributed by atoms with Crippen molar-refractivity contribution in [2.24, 2.45) is 0 Å². The van der Waals surface area contributed by atoms with E-state index in [4.69, 9.17) is 4.52 Å². The Morgan fingerprint density at radius 1 is 1.15 bits per heavy atom. The maximum absolute atomic E-state index is 12.8. The van der Waals surface area contributed by atoms with Crippen molar-refractivity contribution in [2.45, 2.75) is 24.5 Å². The van der Waals surface area contributed by atoms with Gasteiger partial charge in [-0.1, -0.05) is 17.3 Å². The van der Waals surface area contributed by atoms with Gasteiger partial charge in [0.25, 0.3) is 5.91 Å². The van der Waals surface area contributed by atoms with E-state index in [1.165, 1.54) is 0 Å². The van der Waals surface area contributed by atoms with Crippen LogP contribution in [-0.2, 0) is 5.75 Å². The van der Waals surface area contributed by atoms with Gasteiger partial charge in [0.1, 0.15) is 5.76 Å². The molecule has 0 unspecified atom stereocenters. The standard InChI is InChI=1S/C21H23N3O2S/c1-14-11-16(9-10-19(14)24(3)4)22-21(25)18-7-5-6-8-20(18)27-13-17-12-15(2)23-26-17/h5-12H,13H2,1-4H3,(H,22,25). The first kappa shape index (κ1) is 19.0. The van der Waals surface area contributed by atoms with Gasteiger partial charge in [0, 0.05) is 36.4 Å². The molecule has 0 atom stereocenters. The quantitative estimate of drug-likeness (QED) is 0.615. The van der Waals surface area contributed by atoms with Crippen LogP contribution in [0.5, 0.6) is 0 Å². The van der Waals surface area contributed by atoms with E-state index in [1.54, 1.807) is 11.8 Å². The summed E-state index contributed by atoms with van der Waals surface area (Å²) in [6.07, 6.45) is 0. The molecule has 1 aromatic heterocycles. The lowest BCUT2D eigenvalue weighted by Gasteiger charge is -2.17. The fraction of sp³-hybridized carbons (Fsp3) is 0.238. The molecule has 0 spiro atoms. The molecule has 0 bridgehead atoms. The van der Waals surface area contributed by atoms with Crippen LogP contribution < -0.4 is 10.2 Å². The Balaban J connectivity index is 1.74. The number of hydrogen-bond donors (Lipinski definition) is 1. The van der Waals surface area contributed by atoms with Crippen LogP contribution in [0.25, 0.3) is 0 Å². The molecule has 2 aromatic carbocycles. The summed E-state index contributed by atoms with van der Waals surface area (Å²) in [6, 6.07) is 15.4. The molecule has 1 amide bonds. The van der Waals surface area contributed by atoms with E-state index in [0.29, 0.717) is 11.3 Å². The molecule has 0 aliphatic carbocycles. The van der Waals surface area contributed by atoms with Gasteiger partial charge in [0.2, 0.25) is 0 Å². The van der Waals surface area contributed by atoms with Crippen LogP contribution in [0, 0.1) is 13.8 Å². The number of carbonyl (C=O) groups is 1. The summed E-state index contributed by atoms with van der Waals surface area (Å²) in [7, 11) is 4.01.